The van der Waals surface area contributed by atoms with E-state index in [0.29, 0.717) is 43.4 Å². The molecule has 0 heterocycles. The van der Waals surface area contributed by atoms with Crippen molar-refractivity contribution >= 4 is 11.9 Å². The Morgan fingerprint density at radius 1 is 0.939 bits per heavy atom. The molecule has 33 heavy (non-hydrogen) atoms. The average Bonchev–Trinajstić information content (AvgIpc) is 3.34. The van der Waals surface area contributed by atoms with E-state index in [1.54, 1.807) is 0 Å². The van der Waals surface area contributed by atoms with Gasteiger partial charge >= 0.3 is 17.9 Å². The van der Waals surface area contributed by atoms with Gasteiger partial charge in [0.2, 0.25) is 0 Å². The second kappa shape index (κ2) is 7.40. The minimum absolute atomic E-state index is 0.0230. The van der Waals surface area contributed by atoms with Crippen molar-refractivity contribution in [3.05, 3.63) is 0 Å². The number of carbonyl (C=O) groups excluding carboxylic acids is 2. The van der Waals surface area contributed by atoms with E-state index in [4.69, 9.17) is 9.47 Å². The predicted molar refractivity (Wildman–Crippen MR) is 117 cm³/mol. The molecule has 6 heteroatoms. The van der Waals surface area contributed by atoms with Gasteiger partial charge in [-0.1, -0.05) is 6.92 Å². The van der Waals surface area contributed by atoms with Gasteiger partial charge in [-0.25, -0.2) is 4.79 Å². The summed E-state index contributed by atoms with van der Waals surface area (Å²) in [7, 11) is 0. The van der Waals surface area contributed by atoms with Crippen molar-refractivity contribution in [2.45, 2.75) is 96.0 Å². The molecule has 8 atom stereocenters. The number of esters is 2. The van der Waals surface area contributed by atoms with Gasteiger partial charge < -0.3 is 9.47 Å². The molecule has 0 spiro atoms. The standard InChI is InChI=1S/C27H38F2O4/c1-15-3-20-18-6-19(21(7-18)22(20)4-15)8-23(30)33-27-11-16-5-17(12-27)10-26(9-16,13-27)14-32-24(31)25(2,28)29/h15-22H,3-14H2,1-2H3. The van der Waals surface area contributed by atoms with E-state index in [2.05, 4.69) is 6.92 Å². The third kappa shape index (κ3) is 3.82. The van der Waals surface area contributed by atoms with Crippen LogP contribution in [-0.2, 0) is 19.1 Å². The summed E-state index contributed by atoms with van der Waals surface area (Å²) in [6.45, 7) is 2.99. The van der Waals surface area contributed by atoms with Crippen molar-refractivity contribution in [1.82, 2.24) is 0 Å². The predicted octanol–water partition coefficient (Wildman–Crippen LogP) is 5.78. The minimum atomic E-state index is -3.47. The number of halogens is 2. The third-order valence-corrected chi connectivity index (χ3v) is 10.6. The molecule has 0 aliphatic heterocycles. The van der Waals surface area contributed by atoms with Crippen LogP contribution in [0.2, 0.25) is 0 Å². The summed E-state index contributed by atoms with van der Waals surface area (Å²) in [5.74, 6) is 0.460. The van der Waals surface area contributed by atoms with E-state index in [1.807, 2.05) is 0 Å². The quantitative estimate of drug-likeness (QED) is 0.468. The van der Waals surface area contributed by atoms with Gasteiger partial charge in [0.1, 0.15) is 5.60 Å². The summed E-state index contributed by atoms with van der Waals surface area (Å²) in [6.07, 6.45) is 11.1. The van der Waals surface area contributed by atoms with Gasteiger partial charge in [-0.3, -0.25) is 4.79 Å². The zero-order chi connectivity index (χ0) is 23.2. The summed E-state index contributed by atoms with van der Waals surface area (Å²) in [5, 5.41) is 0. The highest BCUT2D eigenvalue weighted by molar-refractivity contribution is 5.77. The van der Waals surface area contributed by atoms with Crippen molar-refractivity contribution in [2.24, 2.45) is 52.8 Å². The summed E-state index contributed by atoms with van der Waals surface area (Å²) < 4.78 is 38.1. The topological polar surface area (TPSA) is 52.6 Å². The SMILES string of the molecule is CC1CC2C3CC(CC(=O)OC45CC6CC(CC(COC(=O)C(C)(F)F)(C6)C4)C5)C(C3)C2C1. The lowest BCUT2D eigenvalue weighted by Gasteiger charge is -2.60. The first-order valence-electron chi connectivity index (χ1n) is 13.3. The highest BCUT2D eigenvalue weighted by Gasteiger charge is 2.61. The molecular formula is C27H38F2O4. The van der Waals surface area contributed by atoms with E-state index in [9.17, 15) is 18.4 Å². The summed E-state index contributed by atoms with van der Waals surface area (Å²) in [5.41, 5.74) is -0.796. The van der Waals surface area contributed by atoms with Crippen molar-refractivity contribution in [1.29, 1.82) is 0 Å². The van der Waals surface area contributed by atoms with Gasteiger partial charge in [-0.15, -0.1) is 0 Å². The van der Waals surface area contributed by atoms with Gasteiger partial charge in [0.05, 0.1) is 6.61 Å². The van der Waals surface area contributed by atoms with Crippen molar-refractivity contribution in [3.63, 3.8) is 0 Å². The molecule has 7 aliphatic rings. The van der Waals surface area contributed by atoms with Crippen LogP contribution in [0.3, 0.4) is 0 Å². The molecule has 7 saturated carbocycles. The molecule has 0 aromatic rings. The zero-order valence-electron chi connectivity index (χ0n) is 20.0. The Morgan fingerprint density at radius 2 is 1.64 bits per heavy atom. The molecule has 8 unspecified atom stereocenters. The number of rotatable bonds is 6. The number of carbonyl (C=O) groups is 2. The van der Waals surface area contributed by atoms with Crippen molar-refractivity contribution in [2.75, 3.05) is 6.61 Å². The summed E-state index contributed by atoms with van der Waals surface area (Å²) >= 11 is 0. The van der Waals surface area contributed by atoms with Crippen LogP contribution < -0.4 is 0 Å². The number of hydrogen-bond acceptors (Lipinski definition) is 4. The monoisotopic (exact) mass is 464 g/mol. The number of hydrogen-bond donors (Lipinski definition) is 0. The van der Waals surface area contributed by atoms with Gasteiger partial charge in [0, 0.05) is 18.8 Å². The van der Waals surface area contributed by atoms with Crippen LogP contribution >= 0.6 is 0 Å². The second-order valence-corrected chi connectivity index (χ2v) is 13.3. The third-order valence-electron chi connectivity index (χ3n) is 10.6. The Bertz CT molecular complexity index is 820. The summed E-state index contributed by atoms with van der Waals surface area (Å²) in [4.78, 5) is 24.9. The lowest BCUT2D eigenvalue weighted by atomic mass is 9.48. The fourth-order valence-corrected chi connectivity index (χ4v) is 10.2. The Labute approximate surface area is 195 Å². The van der Waals surface area contributed by atoms with Crippen LogP contribution in [-0.4, -0.2) is 30.1 Å². The van der Waals surface area contributed by atoms with E-state index in [0.717, 1.165) is 55.8 Å². The Kier molecular flexibility index (Phi) is 4.99. The molecule has 0 radical (unpaired) electrons. The Hall–Kier alpha value is -1.20. The van der Waals surface area contributed by atoms with Crippen LogP contribution in [0.15, 0.2) is 0 Å². The molecule has 184 valence electrons. The molecule has 0 amide bonds. The lowest BCUT2D eigenvalue weighted by molar-refractivity contribution is -0.215. The van der Waals surface area contributed by atoms with Crippen molar-refractivity contribution in [3.8, 4) is 0 Å². The molecule has 0 N–H and O–H groups in total. The van der Waals surface area contributed by atoms with Gasteiger partial charge in [0.15, 0.2) is 0 Å². The lowest BCUT2D eigenvalue weighted by Crippen LogP contribution is -2.59. The van der Waals surface area contributed by atoms with Crippen LogP contribution in [0.1, 0.15) is 84.5 Å². The first kappa shape index (κ1) is 22.3. The molecule has 7 aliphatic carbocycles. The Balaban J connectivity index is 1.10. The molecule has 6 bridgehead atoms. The van der Waals surface area contributed by atoms with E-state index < -0.39 is 17.5 Å². The largest absolute Gasteiger partial charge is 0.461 e. The average molecular weight is 465 g/mol. The molecular weight excluding hydrogens is 426 g/mol. The van der Waals surface area contributed by atoms with Crippen LogP contribution in [0.25, 0.3) is 0 Å². The fourth-order valence-electron chi connectivity index (χ4n) is 10.2. The fraction of sp³-hybridized carbons (Fsp3) is 0.926. The number of ether oxygens (including phenoxy) is 2. The van der Waals surface area contributed by atoms with Gasteiger partial charge in [-0.2, -0.15) is 8.78 Å². The van der Waals surface area contributed by atoms with Crippen LogP contribution in [0.5, 0.6) is 0 Å². The maximum atomic E-state index is 13.3. The van der Waals surface area contributed by atoms with E-state index in [1.165, 1.54) is 25.7 Å². The van der Waals surface area contributed by atoms with Crippen LogP contribution in [0.4, 0.5) is 8.78 Å². The maximum absolute atomic E-state index is 13.3. The molecule has 7 fully saturated rings. The van der Waals surface area contributed by atoms with E-state index in [-0.39, 0.29) is 18.0 Å². The molecule has 0 aromatic heterocycles. The zero-order valence-corrected chi connectivity index (χ0v) is 20.0. The Morgan fingerprint density at radius 3 is 2.33 bits per heavy atom. The highest BCUT2D eigenvalue weighted by atomic mass is 19.3. The molecule has 0 aromatic carbocycles. The first-order chi connectivity index (χ1) is 15.5. The van der Waals surface area contributed by atoms with Crippen LogP contribution in [0, 0.1) is 52.8 Å². The molecule has 4 nitrogen and oxygen atoms in total. The molecule has 7 rings (SSSR count). The second-order valence-electron chi connectivity index (χ2n) is 13.3. The van der Waals surface area contributed by atoms with E-state index >= 15 is 0 Å². The number of fused-ring (bicyclic) bond motifs is 5. The van der Waals surface area contributed by atoms with Crippen molar-refractivity contribution < 1.29 is 27.8 Å². The smallest absolute Gasteiger partial charge is 0.376 e. The highest BCUT2D eigenvalue weighted by Crippen LogP contribution is 2.64. The minimum Gasteiger partial charge on any atom is -0.461 e. The number of alkyl halides is 2. The van der Waals surface area contributed by atoms with Gasteiger partial charge in [0.25, 0.3) is 0 Å². The normalized spacial score (nSPS) is 49.3. The van der Waals surface area contributed by atoms with Gasteiger partial charge in [-0.05, 0) is 112 Å². The first-order valence-corrected chi connectivity index (χ1v) is 13.3. The summed E-state index contributed by atoms with van der Waals surface area (Å²) in [6, 6.07) is 0. The molecule has 0 saturated heterocycles. The maximum Gasteiger partial charge on any atom is 0.376 e.